The van der Waals surface area contributed by atoms with Crippen LogP contribution in [0.15, 0.2) is 24.3 Å². The Labute approximate surface area is 169 Å². The van der Waals surface area contributed by atoms with Crippen molar-refractivity contribution >= 4 is 27.4 Å². The summed E-state index contributed by atoms with van der Waals surface area (Å²) in [5.74, 6) is 1.05. The minimum absolute atomic E-state index is 0.0307. The van der Waals surface area contributed by atoms with Gasteiger partial charge in [-0.3, -0.25) is 0 Å². The van der Waals surface area contributed by atoms with Crippen LogP contribution in [0.25, 0.3) is 11.4 Å². The van der Waals surface area contributed by atoms with Crippen LogP contribution in [-0.4, -0.2) is 57.3 Å². The maximum absolute atomic E-state index is 12.3. The van der Waals surface area contributed by atoms with Crippen LogP contribution in [0.3, 0.4) is 0 Å². The molecule has 9 nitrogen and oxygen atoms in total. The van der Waals surface area contributed by atoms with Crippen molar-refractivity contribution in [2.24, 2.45) is 0 Å². The first-order chi connectivity index (χ1) is 13.9. The summed E-state index contributed by atoms with van der Waals surface area (Å²) in [6.45, 7) is 3.83. The van der Waals surface area contributed by atoms with Gasteiger partial charge in [-0.1, -0.05) is 0 Å². The number of sulfone groups is 1. The monoisotopic (exact) mass is 417 g/mol. The Morgan fingerprint density at radius 3 is 2.66 bits per heavy atom. The normalized spacial score (nSPS) is 20.2. The van der Waals surface area contributed by atoms with Gasteiger partial charge in [0.2, 0.25) is 0 Å². The van der Waals surface area contributed by atoms with Crippen molar-refractivity contribution in [3.63, 3.8) is 0 Å². The first-order valence-electron chi connectivity index (χ1n) is 9.40. The molecule has 0 spiro atoms. The molecule has 3 heterocycles. The zero-order valence-corrected chi connectivity index (χ0v) is 17.1. The van der Waals surface area contributed by atoms with Crippen molar-refractivity contribution in [3.05, 3.63) is 35.5 Å². The van der Waals surface area contributed by atoms with Gasteiger partial charge in [0.05, 0.1) is 36.5 Å². The predicted molar refractivity (Wildman–Crippen MR) is 110 cm³/mol. The zero-order chi connectivity index (χ0) is 20.6. The van der Waals surface area contributed by atoms with E-state index in [0.29, 0.717) is 48.3 Å². The van der Waals surface area contributed by atoms with Crippen LogP contribution in [-0.2, 0) is 26.1 Å². The summed E-state index contributed by atoms with van der Waals surface area (Å²) >= 11 is 0. The molecule has 1 fully saturated rings. The minimum Gasteiger partial charge on any atom is -0.377 e. The van der Waals surface area contributed by atoms with Crippen molar-refractivity contribution in [1.29, 1.82) is 0 Å². The summed E-state index contributed by atoms with van der Waals surface area (Å²) < 4.78 is 30.1. The van der Waals surface area contributed by atoms with Crippen LogP contribution in [0.2, 0.25) is 0 Å². The Balaban J connectivity index is 1.73. The minimum atomic E-state index is -3.22. The molecule has 2 N–H and O–H groups in total. The molecule has 0 saturated carbocycles. The van der Waals surface area contributed by atoms with E-state index in [2.05, 4.69) is 20.5 Å². The molecule has 0 radical (unpaired) electrons. The fourth-order valence-electron chi connectivity index (χ4n) is 3.57. The van der Waals surface area contributed by atoms with Gasteiger partial charge in [-0.2, -0.15) is 0 Å². The van der Waals surface area contributed by atoms with Crippen LogP contribution < -0.4 is 15.5 Å². The third kappa shape index (κ3) is 4.03. The maximum Gasteiger partial charge on any atom is 0.318 e. The van der Waals surface area contributed by atoms with Gasteiger partial charge in [0.15, 0.2) is 15.7 Å². The van der Waals surface area contributed by atoms with Crippen molar-refractivity contribution < 1.29 is 17.9 Å². The maximum atomic E-state index is 12.3. The lowest BCUT2D eigenvalue weighted by Gasteiger charge is -2.35. The molecule has 29 heavy (non-hydrogen) atoms. The van der Waals surface area contributed by atoms with E-state index >= 15 is 0 Å². The number of fused-ring (bicyclic) bond motifs is 1. The lowest BCUT2D eigenvalue weighted by molar-refractivity contribution is 0.0984. The number of ether oxygens (including phenoxy) is 1. The molecule has 1 aromatic heterocycles. The summed E-state index contributed by atoms with van der Waals surface area (Å²) in [5.41, 5.74) is 2.65. The second-order valence-electron chi connectivity index (χ2n) is 7.23. The Bertz CT molecular complexity index is 1040. The van der Waals surface area contributed by atoms with E-state index in [1.165, 1.54) is 0 Å². The molecule has 2 aromatic rings. The number of aromatic nitrogens is 2. The molecule has 154 valence electrons. The van der Waals surface area contributed by atoms with Crippen LogP contribution in [0.5, 0.6) is 0 Å². The number of benzene rings is 1. The molecule has 0 bridgehead atoms. The lowest BCUT2D eigenvalue weighted by atomic mass is 10.1. The van der Waals surface area contributed by atoms with Gasteiger partial charge < -0.3 is 20.3 Å². The first kappa shape index (κ1) is 19.6. The van der Waals surface area contributed by atoms with Gasteiger partial charge in [0.25, 0.3) is 0 Å². The summed E-state index contributed by atoms with van der Waals surface area (Å²) in [6.07, 6.45) is 0. The van der Waals surface area contributed by atoms with Crippen molar-refractivity contribution in [3.8, 4) is 11.4 Å². The highest BCUT2D eigenvalue weighted by atomic mass is 32.2. The molecule has 1 unspecified atom stereocenters. The van der Waals surface area contributed by atoms with Crippen LogP contribution >= 0.6 is 0 Å². The van der Waals surface area contributed by atoms with E-state index in [1.807, 2.05) is 19.1 Å². The fraction of sp³-hybridized carbons (Fsp3) is 0.421. The molecular formula is C19H23N5O4S. The van der Waals surface area contributed by atoms with E-state index in [9.17, 15) is 13.2 Å². The summed E-state index contributed by atoms with van der Waals surface area (Å²) in [4.78, 5) is 22.9. The standard InChI is InChI=1S/C19H23N5O4S/c1-12-9-28-8-7-24(12)18-15-10-29(26,27)11-16(15)22-17(23-18)13-3-5-14(6-4-13)21-19(25)20-2/h3-6,12H,7-11H2,1-2H3,(H2,20,21,25). The van der Waals surface area contributed by atoms with E-state index in [0.717, 1.165) is 5.56 Å². The number of rotatable bonds is 3. The predicted octanol–water partition coefficient (Wildman–Crippen LogP) is 1.55. The number of nitrogens with zero attached hydrogens (tertiary/aromatic N) is 3. The molecule has 0 aliphatic carbocycles. The molecule has 2 aliphatic rings. The summed E-state index contributed by atoms with van der Waals surface area (Å²) in [7, 11) is -1.68. The van der Waals surface area contributed by atoms with Crippen molar-refractivity contribution in [2.75, 3.05) is 37.0 Å². The number of amides is 2. The highest BCUT2D eigenvalue weighted by Crippen LogP contribution is 2.34. The number of urea groups is 1. The topological polar surface area (TPSA) is 114 Å². The molecule has 2 aliphatic heterocycles. The van der Waals surface area contributed by atoms with Crippen molar-refractivity contribution in [2.45, 2.75) is 24.5 Å². The second-order valence-corrected chi connectivity index (χ2v) is 9.29. The number of anilines is 2. The molecule has 10 heteroatoms. The highest BCUT2D eigenvalue weighted by molar-refractivity contribution is 7.90. The second kappa shape index (κ2) is 7.60. The number of hydrogen-bond acceptors (Lipinski definition) is 7. The highest BCUT2D eigenvalue weighted by Gasteiger charge is 2.34. The average Bonchev–Trinajstić information content (AvgIpc) is 3.02. The molecule has 1 aromatic carbocycles. The van der Waals surface area contributed by atoms with Gasteiger partial charge in [-0.25, -0.2) is 23.2 Å². The number of carbonyl (C=O) groups excluding carboxylic acids is 1. The lowest BCUT2D eigenvalue weighted by Crippen LogP contribution is -2.44. The summed E-state index contributed by atoms with van der Waals surface area (Å²) in [6, 6.07) is 6.92. The average molecular weight is 417 g/mol. The third-order valence-corrected chi connectivity index (χ3v) is 6.50. The van der Waals surface area contributed by atoms with Gasteiger partial charge in [-0.05, 0) is 31.2 Å². The third-order valence-electron chi connectivity index (χ3n) is 5.06. The number of carbonyl (C=O) groups is 1. The van der Waals surface area contributed by atoms with E-state index < -0.39 is 9.84 Å². The first-order valence-corrected chi connectivity index (χ1v) is 11.2. The van der Waals surface area contributed by atoms with Gasteiger partial charge in [0, 0.05) is 30.4 Å². The van der Waals surface area contributed by atoms with E-state index in [-0.39, 0.29) is 23.6 Å². The Morgan fingerprint density at radius 2 is 1.97 bits per heavy atom. The van der Waals surface area contributed by atoms with Crippen LogP contribution in [0.1, 0.15) is 18.2 Å². The van der Waals surface area contributed by atoms with E-state index in [1.54, 1.807) is 19.2 Å². The summed E-state index contributed by atoms with van der Waals surface area (Å²) in [5, 5.41) is 5.20. The van der Waals surface area contributed by atoms with Gasteiger partial charge >= 0.3 is 6.03 Å². The van der Waals surface area contributed by atoms with Gasteiger partial charge in [0.1, 0.15) is 5.82 Å². The van der Waals surface area contributed by atoms with Gasteiger partial charge in [-0.15, -0.1) is 0 Å². The van der Waals surface area contributed by atoms with E-state index in [4.69, 9.17) is 9.72 Å². The quantitative estimate of drug-likeness (QED) is 0.779. The zero-order valence-electron chi connectivity index (χ0n) is 16.3. The number of morpholine rings is 1. The molecular weight excluding hydrogens is 394 g/mol. The number of hydrogen-bond donors (Lipinski definition) is 2. The Morgan fingerprint density at radius 1 is 1.21 bits per heavy atom. The molecule has 4 rings (SSSR count). The molecule has 1 atom stereocenters. The van der Waals surface area contributed by atoms with Crippen molar-refractivity contribution in [1.82, 2.24) is 15.3 Å². The largest absolute Gasteiger partial charge is 0.377 e. The SMILES string of the molecule is CNC(=O)Nc1ccc(-c2nc3c(c(N4CCOCC4C)n2)CS(=O)(=O)C3)cc1. The Kier molecular flexibility index (Phi) is 5.13. The molecule has 2 amide bonds. The van der Waals surface area contributed by atoms with Crippen LogP contribution in [0.4, 0.5) is 16.3 Å². The van der Waals surface area contributed by atoms with Crippen LogP contribution in [0, 0.1) is 0 Å². The fourth-order valence-corrected chi connectivity index (χ4v) is 5.06. The Hall–Kier alpha value is -2.72. The smallest absolute Gasteiger partial charge is 0.318 e. The molecule has 1 saturated heterocycles. The number of nitrogens with one attached hydrogen (secondary N) is 2.